The summed E-state index contributed by atoms with van der Waals surface area (Å²) < 4.78 is 1.66. The molecule has 0 unspecified atom stereocenters. The molecule has 0 spiro atoms. The van der Waals surface area contributed by atoms with Crippen LogP contribution >= 0.6 is 31.9 Å². The fourth-order valence-corrected chi connectivity index (χ4v) is 1.66. The number of aromatic nitrogens is 1. The maximum atomic E-state index is 8.21. The van der Waals surface area contributed by atoms with E-state index in [2.05, 4.69) is 42.0 Å². The Balaban J connectivity index is 3.09. The van der Waals surface area contributed by atoms with Crippen LogP contribution in [0.25, 0.3) is 0 Å². The van der Waals surface area contributed by atoms with Crippen LogP contribution in [-0.4, -0.2) is 16.4 Å². The van der Waals surface area contributed by atoms with Gasteiger partial charge in [-0.15, -0.1) is 0 Å². The van der Waals surface area contributed by atoms with E-state index in [0.717, 1.165) is 8.95 Å². The fourth-order valence-electron chi connectivity index (χ4n) is 0.575. The van der Waals surface area contributed by atoms with Crippen molar-refractivity contribution in [1.82, 2.24) is 4.98 Å². The van der Waals surface area contributed by atoms with E-state index in [9.17, 15) is 0 Å². The van der Waals surface area contributed by atoms with E-state index >= 15 is 0 Å². The van der Waals surface area contributed by atoms with Crippen LogP contribution < -0.4 is 0 Å². The number of oxime groups is 1. The highest BCUT2D eigenvalue weighted by molar-refractivity contribution is 9.11. The standard InChI is InChI=1S/C6H4Br2N2O/c7-4-1-5(8)6(3-10-11)9-2-4/h1-3,11H. The van der Waals surface area contributed by atoms with Gasteiger partial charge in [-0.1, -0.05) is 5.16 Å². The summed E-state index contributed by atoms with van der Waals surface area (Å²) in [5, 5.41) is 11.1. The molecule has 3 nitrogen and oxygen atoms in total. The maximum Gasteiger partial charge on any atom is 0.0988 e. The summed E-state index contributed by atoms with van der Waals surface area (Å²) in [6, 6.07) is 1.82. The summed E-state index contributed by atoms with van der Waals surface area (Å²) in [6.45, 7) is 0. The van der Waals surface area contributed by atoms with Crippen LogP contribution in [0.5, 0.6) is 0 Å². The summed E-state index contributed by atoms with van der Waals surface area (Å²) in [7, 11) is 0. The van der Waals surface area contributed by atoms with Gasteiger partial charge in [0.25, 0.3) is 0 Å². The van der Waals surface area contributed by atoms with Gasteiger partial charge in [-0.05, 0) is 37.9 Å². The first-order chi connectivity index (χ1) is 5.24. The van der Waals surface area contributed by atoms with Crippen LogP contribution in [-0.2, 0) is 0 Å². The molecule has 1 heterocycles. The zero-order valence-electron chi connectivity index (χ0n) is 5.33. The van der Waals surface area contributed by atoms with E-state index in [1.54, 1.807) is 6.20 Å². The molecule has 1 aromatic rings. The van der Waals surface area contributed by atoms with E-state index in [4.69, 9.17) is 5.21 Å². The summed E-state index contributed by atoms with van der Waals surface area (Å²) in [4.78, 5) is 3.96. The number of hydrogen-bond acceptors (Lipinski definition) is 3. The third-order valence-electron chi connectivity index (χ3n) is 1.02. The topological polar surface area (TPSA) is 45.5 Å². The average molecular weight is 280 g/mol. The minimum absolute atomic E-state index is 0.593. The first kappa shape index (κ1) is 8.67. The Labute approximate surface area is 80.4 Å². The van der Waals surface area contributed by atoms with Gasteiger partial charge in [0.05, 0.1) is 11.9 Å². The minimum Gasteiger partial charge on any atom is -0.411 e. The molecule has 0 aliphatic carbocycles. The number of nitrogens with zero attached hydrogens (tertiary/aromatic N) is 2. The highest BCUT2D eigenvalue weighted by Gasteiger charge is 1.98. The van der Waals surface area contributed by atoms with E-state index < -0.39 is 0 Å². The fraction of sp³-hybridized carbons (Fsp3) is 0. The zero-order chi connectivity index (χ0) is 8.27. The number of pyridine rings is 1. The molecular weight excluding hydrogens is 276 g/mol. The van der Waals surface area contributed by atoms with Crippen LogP contribution in [0.2, 0.25) is 0 Å². The van der Waals surface area contributed by atoms with Gasteiger partial charge in [-0.3, -0.25) is 4.98 Å². The van der Waals surface area contributed by atoms with Crippen molar-refractivity contribution in [2.24, 2.45) is 5.16 Å². The van der Waals surface area contributed by atoms with Gasteiger partial charge >= 0.3 is 0 Å². The Morgan fingerprint density at radius 1 is 1.55 bits per heavy atom. The molecule has 58 valence electrons. The van der Waals surface area contributed by atoms with Crippen LogP contribution in [0.1, 0.15) is 5.69 Å². The Morgan fingerprint density at radius 3 is 2.82 bits per heavy atom. The molecule has 0 bridgehead atoms. The SMILES string of the molecule is ON=Cc1ncc(Br)cc1Br. The minimum atomic E-state index is 0.593. The lowest BCUT2D eigenvalue weighted by molar-refractivity contribution is 0.321. The Morgan fingerprint density at radius 2 is 2.27 bits per heavy atom. The lowest BCUT2D eigenvalue weighted by atomic mass is 10.4. The van der Waals surface area contributed by atoms with Crippen LogP contribution in [0, 0.1) is 0 Å². The number of rotatable bonds is 1. The summed E-state index contributed by atoms with van der Waals surface area (Å²) in [6.07, 6.45) is 2.89. The largest absolute Gasteiger partial charge is 0.411 e. The van der Waals surface area contributed by atoms with Gasteiger partial charge in [0.1, 0.15) is 0 Å². The second-order valence-electron chi connectivity index (χ2n) is 1.77. The second-order valence-corrected chi connectivity index (χ2v) is 3.54. The quantitative estimate of drug-likeness (QED) is 0.487. The van der Waals surface area contributed by atoms with Gasteiger partial charge in [0.2, 0.25) is 0 Å². The van der Waals surface area contributed by atoms with Crippen molar-refractivity contribution in [2.75, 3.05) is 0 Å². The summed E-state index contributed by atoms with van der Waals surface area (Å²) >= 11 is 6.50. The molecule has 11 heavy (non-hydrogen) atoms. The Kier molecular flexibility index (Phi) is 3.02. The third kappa shape index (κ3) is 2.27. The van der Waals surface area contributed by atoms with Gasteiger partial charge in [0, 0.05) is 15.1 Å². The molecule has 1 aromatic heterocycles. The molecule has 0 saturated carbocycles. The summed E-state index contributed by atoms with van der Waals surface area (Å²) in [5.74, 6) is 0. The van der Waals surface area contributed by atoms with E-state index in [-0.39, 0.29) is 0 Å². The normalized spacial score (nSPS) is 10.7. The van der Waals surface area contributed by atoms with E-state index in [1.807, 2.05) is 6.07 Å². The molecule has 0 fully saturated rings. The highest BCUT2D eigenvalue weighted by atomic mass is 79.9. The van der Waals surface area contributed by atoms with Crippen molar-refractivity contribution >= 4 is 38.1 Å². The molecule has 0 amide bonds. The lowest BCUT2D eigenvalue weighted by Crippen LogP contribution is -1.88. The van der Waals surface area contributed by atoms with Gasteiger partial charge in [-0.2, -0.15) is 0 Å². The first-order valence-electron chi connectivity index (χ1n) is 2.72. The highest BCUT2D eigenvalue weighted by Crippen LogP contribution is 2.17. The van der Waals surface area contributed by atoms with Crippen molar-refractivity contribution < 1.29 is 5.21 Å². The predicted molar refractivity (Wildman–Crippen MR) is 49.0 cm³/mol. The van der Waals surface area contributed by atoms with Crippen molar-refractivity contribution in [1.29, 1.82) is 0 Å². The molecule has 0 radical (unpaired) electrons. The molecule has 0 aromatic carbocycles. The number of halogens is 2. The molecule has 0 aliphatic rings. The number of hydrogen-bond donors (Lipinski definition) is 1. The van der Waals surface area contributed by atoms with Crippen LogP contribution in [0.3, 0.4) is 0 Å². The van der Waals surface area contributed by atoms with Crippen LogP contribution in [0.15, 0.2) is 26.4 Å². The van der Waals surface area contributed by atoms with Gasteiger partial charge in [0.15, 0.2) is 0 Å². The lowest BCUT2D eigenvalue weighted by Gasteiger charge is -1.95. The second kappa shape index (κ2) is 3.82. The molecule has 1 rings (SSSR count). The van der Waals surface area contributed by atoms with Crippen LogP contribution in [0.4, 0.5) is 0 Å². The van der Waals surface area contributed by atoms with Crippen molar-refractivity contribution in [3.8, 4) is 0 Å². The van der Waals surface area contributed by atoms with Crippen molar-refractivity contribution in [2.45, 2.75) is 0 Å². The third-order valence-corrected chi connectivity index (χ3v) is 2.09. The molecule has 0 atom stereocenters. The van der Waals surface area contributed by atoms with Crippen molar-refractivity contribution in [3.63, 3.8) is 0 Å². The predicted octanol–water partition coefficient (Wildman–Crippen LogP) is 2.41. The van der Waals surface area contributed by atoms with Gasteiger partial charge < -0.3 is 5.21 Å². The molecule has 5 heteroatoms. The zero-order valence-corrected chi connectivity index (χ0v) is 8.50. The monoisotopic (exact) mass is 278 g/mol. The van der Waals surface area contributed by atoms with Gasteiger partial charge in [-0.25, -0.2) is 0 Å². The Hall–Kier alpha value is -0.420. The Bertz CT molecular complexity index is 288. The van der Waals surface area contributed by atoms with E-state index in [0.29, 0.717) is 5.69 Å². The molecule has 0 aliphatic heterocycles. The van der Waals surface area contributed by atoms with Crippen molar-refractivity contribution in [3.05, 3.63) is 26.9 Å². The maximum absolute atomic E-state index is 8.21. The first-order valence-corrected chi connectivity index (χ1v) is 4.31. The molecule has 0 saturated heterocycles. The molecule has 1 N–H and O–H groups in total. The smallest absolute Gasteiger partial charge is 0.0988 e. The summed E-state index contributed by atoms with van der Waals surface area (Å²) in [5.41, 5.74) is 0.593. The van der Waals surface area contributed by atoms with E-state index in [1.165, 1.54) is 6.21 Å². The average Bonchev–Trinajstić information content (AvgIpc) is 1.95. The molecular formula is C6H4Br2N2O.